The van der Waals surface area contributed by atoms with Crippen molar-refractivity contribution in [2.75, 3.05) is 0 Å². The Labute approximate surface area is 101 Å². The lowest BCUT2D eigenvalue weighted by molar-refractivity contribution is 0.671. The molecule has 0 aliphatic carbocycles. The summed E-state index contributed by atoms with van der Waals surface area (Å²) in [5, 5.41) is 10.3. The van der Waals surface area contributed by atoms with Crippen molar-refractivity contribution in [1.29, 1.82) is 5.26 Å². The molecule has 15 heavy (non-hydrogen) atoms. The van der Waals surface area contributed by atoms with Crippen LogP contribution in [0.15, 0.2) is 18.2 Å². The van der Waals surface area contributed by atoms with Crippen LogP contribution >= 0.6 is 23.2 Å². The predicted octanol–water partition coefficient (Wildman–Crippen LogP) is 4.79. The molecule has 0 fully saturated rings. The molecule has 1 unspecified atom stereocenters. The molecule has 0 aliphatic heterocycles. The number of hydrogen-bond acceptors (Lipinski definition) is 1. The molecule has 80 valence electrons. The first kappa shape index (κ1) is 12.4. The van der Waals surface area contributed by atoms with Crippen LogP contribution in [0.1, 0.15) is 37.7 Å². The van der Waals surface area contributed by atoms with E-state index >= 15 is 0 Å². The Hall–Kier alpha value is -0.710. The van der Waals surface area contributed by atoms with Crippen LogP contribution in [-0.2, 0) is 0 Å². The van der Waals surface area contributed by atoms with Gasteiger partial charge in [0.15, 0.2) is 0 Å². The monoisotopic (exact) mass is 241 g/mol. The first-order valence-corrected chi connectivity index (χ1v) is 5.79. The van der Waals surface area contributed by atoms with Crippen molar-refractivity contribution in [1.82, 2.24) is 0 Å². The molecule has 0 heterocycles. The van der Waals surface area contributed by atoms with E-state index in [4.69, 9.17) is 28.5 Å². The van der Waals surface area contributed by atoms with Gasteiger partial charge in [-0.25, -0.2) is 0 Å². The van der Waals surface area contributed by atoms with Gasteiger partial charge in [0.25, 0.3) is 0 Å². The second-order valence-electron chi connectivity index (χ2n) is 3.49. The van der Waals surface area contributed by atoms with Crippen molar-refractivity contribution in [2.45, 2.75) is 32.1 Å². The van der Waals surface area contributed by atoms with Gasteiger partial charge in [0.2, 0.25) is 0 Å². The normalized spacial score (nSPS) is 12.1. The summed E-state index contributed by atoms with van der Waals surface area (Å²) in [5.41, 5.74) is 0.886. The first-order valence-electron chi connectivity index (χ1n) is 5.03. The summed E-state index contributed by atoms with van der Waals surface area (Å²) >= 11 is 11.8. The van der Waals surface area contributed by atoms with Gasteiger partial charge in [0, 0.05) is 10.0 Å². The quantitative estimate of drug-likeness (QED) is 0.744. The summed E-state index contributed by atoms with van der Waals surface area (Å²) in [6, 6.07) is 7.59. The summed E-state index contributed by atoms with van der Waals surface area (Å²) in [5.74, 6) is -0.116. The Morgan fingerprint density at radius 2 is 2.13 bits per heavy atom. The second kappa shape index (κ2) is 6.00. The van der Waals surface area contributed by atoms with Gasteiger partial charge in [-0.2, -0.15) is 5.26 Å². The molecule has 1 aromatic rings. The summed E-state index contributed by atoms with van der Waals surface area (Å²) in [6.07, 6.45) is 2.98. The largest absolute Gasteiger partial charge is 0.198 e. The van der Waals surface area contributed by atoms with Gasteiger partial charge in [-0.1, -0.05) is 49.0 Å². The van der Waals surface area contributed by atoms with Crippen LogP contribution in [0.2, 0.25) is 10.0 Å². The Kier molecular flexibility index (Phi) is 4.94. The number of nitrogens with zero attached hydrogens (tertiary/aromatic N) is 1. The van der Waals surface area contributed by atoms with Crippen LogP contribution in [0.25, 0.3) is 0 Å². The van der Waals surface area contributed by atoms with Crippen LogP contribution in [0.3, 0.4) is 0 Å². The van der Waals surface area contributed by atoms with Gasteiger partial charge < -0.3 is 0 Å². The number of nitriles is 1. The van der Waals surface area contributed by atoms with E-state index < -0.39 is 0 Å². The van der Waals surface area contributed by atoms with Crippen molar-refractivity contribution in [3.05, 3.63) is 33.8 Å². The fraction of sp³-hybridized carbons (Fsp3) is 0.417. The molecule has 1 nitrogen and oxygen atoms in total. The molecule has 0 aliphatic rings. The molecule has 1 rings (SSSR count). The van der Waals surface area contributed by atoms with E-state index in [-0.39, 0.29) is 5.92 Å². The first-order chi connectivity index (χ1) is 7.19. The average Bonchev–Trinajstić information content (AvgIpc) is 2.21. The summed E-state index contributed by atoms with van der Waals surface area (Å²) in [4.78, 5) is 0. The number of rotatable bonds is 4. The maximum atomic E-state index is 9.06. The third-order valence-corrected chi connectivity index (χ3v) is 2.90. The molecule has 1 aromatic carbocycles. The Bertz CT molecular complexity index is 368. The fourth-order valence-corrected chi connectivity index (χ4v) is 2.02. The Morgan fingerprint density at radius 1 is 1.40 bits per heavy atom. The van der Waals surface area contributed by atoms with E-state index in [2.05, 4.69) is 13.0 Å². The van der Waals surface area contributed by atoms with E-state index in [0.29, 0.717) is 10.0 Å². The summed E-state index contributed by atoms with van der Waals surface area (Å²) in [6.45, 7) is 2.11. The van der Waals surface area contributed by atoms with E-state index in [9.17, 15) is 0 Å². The van der Waals surface area contributed by atoms with Gasteiger partial charge in [-0.15, -0.1) is 0 Å². The molecule has 0 N–H and O–H groups in total. The van der Waals surface area contributed by atoms with Crippen LogP contribution in [0.5, 0.6) is 0 Å². The highest BCUT2D eigenvalue weighted by atomic mass is 35.5. The predicted molar refractivity (Wildman–Crippen MR) is 64.3 cm³/mol. The van der Waals surface area contributed by atoms with Crippen molar-refractivity contribution in [3.63, 3.8) is 0 Å². The van der Waals surface area contributed by atoms with Crippen molar-refractivity contribution >= 4 is 23.2 Å². The van der Waals surface area contributed by atoms with Gasteiger partial charge in [0.05, 0.1) is 12.0 Å². The molecule has 1 atom stereocenters. The smallest absolute Gasteiger partial charge is 0.0727 e. The molecule has 0 bridgehead atoms. The van der Waals surface area contributed by atoms with Crippen molar-refractivity contribution < 1.29 is 0 Å². The molecule has 0 spiro atoms. The number of benzene rings is 1. The van der Waals surface area contributed by atoms with Crippen LogP contribution in [0, 0.1) is 11.3 Å². The number of halogens is 2. The highest BCUT2D eigenvalue weighted by molar-refractivity contribution is 6.35. The maximum absolute atomic E-state index is 9.06. The standard InChI is InChI=1S/C12H13Cl2N/c1-2-3-4-9(8-15)11-6-5-10(13)7-12(11)14/h5-7,9H,2-4H2,1H3. The van der Waals surface area contributed by atoms with Gasteiger partial charge in [0.1, 0.15) is 0 Å². The molecule has 0 saturated carbocycles. The number of unbranched alkanes of at least 4 members (excludes halogenated alkanes) is 1. The zero-order chi connectivity index (χ0) is 11.3. The van der Waals surface area contributed by atoms with Crippen LogP contribution in [-0.4, -0.2) is 0 Å². The van der Waals surface area contributed by atoms with E-state index in [1.54, 1.807) is 12.1 Å². The molecule has 0 radical (unpaired) electrons. The van der Waals surface area contributed by atoms with Crippen molar-refractivity contribution in [3.8, 4) is 6.07 Å². The Morgan fingerprint density at radius 3 is 2.67 bits per heavy atom. The molecule has 3 heteroatoms. The minimum absolute atomic E-state index is 0.116. The maximum Gasteiger partial charge on any atom is 0.0727 e. The van der Waals surface area contributed by atoms with Crippen molar-refractivity contribution in [2.24, 2.45) is 0 Å². The zero-order valence-electron chi connectivity index (χ0n) is 8.63. The fourth-order valence-electron chi connectivity index (χ4n) is 1.48. The minimum atomic E-state index is -0.116. The molecular formula is C12H13Cl2N. The SMILES string of the molecule is CCCCC(C#N)c1ccc(Cl)cc1Cl. The van der Waals surface area contributed by atoms with Crippen LogP contribution in [0.4, 0.5) is 0 Å². The molecule has 0 aromatic heterocycles. The zero-order valence-corrected chi connectivity index (χ0v) is 10.1. The second-order valence-corrected chi connectivity index (χ2v) is 4.33. The molecule has 0 saturated heterocycles. The van der Waals surface area contributed by atoms with Gasteiger partial charge >= 0.3 is 0 Å². The third kappa shape index (κ3) is 3.41. The summed E-state index contributed by atoms with van der Waals surface area (Å²) in [7, 11) is 0. The van der Waals surface area contributed by atoms with E-state index in [1.165, 1.54) is 0 Å². The highest BCUT2D eigenvalue weighted by Crippen LogP contribution is 2.30. The third-order valence-electron chi connectivity index (χ3n) is 2.34. The Balaban J connectivity index is 2.88. The van der Waals surface area contributed by atoms with Crippen LogP contribution < -0.4 is 0 Å². The van der Waals surface area contributed by atoms with E-state index in [1.807, 2.05) is 6.07 Å². The lowest BCUT2D eigenvalue weighted by atomic mass is 9.95. The average molecular weight is 242 g/mol. The van der Waals surface area contributed by atoms with Gasteiger partial charge in [-0.05, 0) is 24.1 Å². The number of hydrogen-bond donors (Lipinski definition) is 0. The molecule has 0 amide bonds. The molecular weight excluding hydrogens is 229 g/mol. The lowest BCUT2D eigenvalue weighted by Gasteiger charge is -2.10. The van der Waals surface area contributed by atoms with Gasteiger partial charge in [-0.3, -0.25) is 0 Å². The highest BCUT2D eigenvalue weighted by Gasteiger charge is 2.13. The summed E-state index contributed by atoms with van der Waals surface area (Å²) < 4.78 is 0. The lowest BCUT2D eigenvalue weighted by Crippen LogP contribution is -1.96. The minimum Gasteiger partial charge on any atom is -0.198 e. The topological polar surface area (TPSA) is 23.8 Å². The van der Waals surface area contributed by atoms with E-state index in [0.717, 1.165) is 24.8 Å².